The minimum Gasteiger partial charge on any atom is -0.376 e. The molecule has 5 unspecified atom stereocenters. The van der Waals surface area contributed by atoms with Crippen molar-refractivity contribution in [3.05, 3.63) is 48.6 Å². The molecule has 3 aliphatic carbocycles. The lowest BCUT2D eigenvalue weighted by molar-refractivity contribution is -0.0419. The summed E-state index contributed by atoms with van der Waals surface area (Å²) >= 11 is 0. The highest BCUT2D eigenvalue weighted by Crippen LogP contribution is 2.79. The lowest BCUT2D eigenvalue weighted by Gasteiger charge is -2.43. The smallest absolute Gasteiger partial charge is 0.116 e. The number of hydrogen-bond donors (Lipinski definition) is 2. The van der Waals surface area contributed by atoms with Crippen LogP contribution < -0.4 is 5.32 Å². The van der Waals surface area contributed by atoms with Crippen LogP contribution in [0.3, 0.4) is 0 Å². The van der Waals surface area contributed by atoms with E-state index in [0.29, 0.717) is 11.5 Å². The maximum absolute atomic E-state index is 12.0. The van der Waals surface area contributed by atoms with Crippen molar-refractivity contribution in [2.75, 3.05) is 0 Å². The maximum Gasteiger partial charge on any atom is 0.116 e. The average Bonchev–Trinajstić information content (AvgIpc) is 3.60. The van der Waals surface area contributed by atoms with Gasteiger partial charge in [0.2, 0.25) is 0 Å². The van der Waals surface area contributed by atoms with E-state index < -0.39 is 5.72 Å². The molecule has 0 aliphatic heterocycles. The van der Waals surface area contributed by atoms with Gasteiger partial charge in [-0.25, -0.2) is 0 Å². The van der Waals surface area contributed by atoms with Gasteiger partial charge in [-0.3, -0.25) is 5.32 Å². The van der Waals surface area contributed by atoms with Gasteiger partial charge >= 0.3 is 0 Å². The van der Waals surface area contributed by atoms with Crippen LogP contribution in [0.4, 0.5) is 0 Å². The third-order valence-electron chi connectivity index (χ3n) is 12.6. The zero-order valence-electron chi connectivity index (χ0n) is 32.4. The van der Waals surface area contributed by atoms with Gasteiger partial charge in [-0.1, -0.05) is 146 Å². The Labute approximate surface area is 300 Å². The molecule has 0 saturated heterocycles. The Hall–Kier alpha value is -1.12. The first-order valence-electron chi connectivity index (χ1n) is 21.7. The Morgan fingerprint density at radius 1 is 0.562 bits per heavy atom. The third-order valence-corrected chi connectivity index (χ3v) is 12.6. The van der Waals surface area contributed by atoms with Crippen molar-refractivity contribution in [2.24, 2.45) is 23.2 Å². The van der Waals surface area contributed by atoms with Crippen molar-refractivity contribution in [1.29, 1.82) is 0 Å². The second-order valence-corrected chi connectivity index (χ2v) is 16.3. The first kappa shape index (κ1) is 41.3. The summed E-state index contributed by atoms with van der Waals surface area (Å²) in [5, 5.41) is 15.9. The van der Waals surface area contributed by atoms with Crippen LogP contribution in [0, 0.1) is 23.2 Å². The van der Waals surface area contributed by atoms with Crippen LogP contribution in [0.5, 0.6) is 0 Å². The van der Waals surface area contributed by atoms with E-state index in [1.165, 1.54) is 161 Å². The van der Waals surface area contributed by atoms with Gasteiger partial charge in [0.15, 0.2) is 0 Å². The number of unbranched alkanes of at least 4 members (excludes halogenated alkanes) is 18. The molecule has 0 radical (unpaired) electrons. The summed E-state index contributed by atoms with van der Waals surface area (Å²) in [6.45, 7) is 7.03. The van der Waals surface area contributed by atoms with Crippen LogP contribution in [-0.2, 0) is 0 Å². The lowest BCUT2D eigenvalue weighted by atomic mass is 9.68. The molecule has 0 aromatic heterocycles. The summed E-state index contributed by atoms with van der Waals surface area (Å²) < 4.78 is 0. The number of hydrogen-bond acceptors (Lipinski definition) is 2. The molecule has 5 atom stereocenters. The minimum absolute atomic E-state index is 0.569. The van der Waals surface area contributed by atoms with E-state index in [9.17, 15) is 5.11 Å². The van der Waals surface area contributed by atoms with Crippen molar-refractivity contribution in [1.82, 2.24) is 5.32 Å². The molecule has 2 heteroatoms. The molecule has 3 saturated carbocycles. The van der Waals surface area contributed by atoms with Crippen molar-refractivity contribution >= 4 is 0 Å². The van der Waals surface area contributed by atoms with Crippen molar-refractivity contribution in [3.8, 4) is 0 Å². The largest absolute Gasteiger partial charge is 0.376 e. The van der Waals surface area contributed by atoms with Gasteiger partial charge < -0.3 is 5.11 Å². The van der Waals surface area contributed by atoms with Crippen LogP contribution in [-0.4, -0.2) is 16.9 Å². The summed E-state index contributed by atoms with van der Waals surface area (Å²) in [4.78, 5) is 0. The van der Waals surface area contributed by atoms with Crippen LogP contribution in [0.25, 0.3) is 0 Å². The fourth-order valence-corrected chi connectivity index (χ4v) is 9.45. The van der Waals surface area contributed by atoms with Crippen molar-refractivity contribution < 1.29 is 5.11 Å². The molecule has 0 aromatic carbocycles. The zero-order valence-corrected chi connectivity index (χ0v) is 32.4. The second-order valence-electron chi connectivity index (χ2n) is 16.3. The molecular weight excluding hydrogens is 583 g/mol. The second kappa shape index (κ2) is 24.9. The molecule has 0 aromatic rings. The SMILES string of the molecule is CCCCC/C=C\C/C=C\CCCCCCCCC(O)(CCCCCCCC/C=C\C/C=C\CCCCC)NC1CC2C(C)C23CCC13. The Kier molecular flexibility index (Phi) is 21.5. The van der Waals surface area contributed by atoms with E-state index in [1.807, 2.05) is 0 Å². The van der Waals surface area contributed by atoms with Gasteiger partial charge in [0.1, 0.15) is 5.72 Å². The Bertz CT molecular complexity index is 867. The number of rotatable bonds is 32. The van der Waals surface area contributed by atoms with Crippen LogP contribution in [0.1, 0.15) is 207 Å². The van der Waals surface area contributed by atoms with Gasteiger partial charge in [-0.2, -0.15) is 0 Å². The van der Waals surface area contributed by atoms with E-state index in [2.05, 4.69) is 74.7 Å². The highest BCUT2D eigenvalue weighted by Gasteiger charge is 2.75. The fraction of sp³-hybridized carbons (Fsp3) is 0.826. The molecule has 0 heterocycles. The van der Waals surface area contributed by atoms with E-state index in [1.54, 1.807) is 0 Å². The maximum atomic E-state index is 12.0. The van der Waals surface area contributed by atoms with Crippen LogP contribution in [0.2, 0.25) is 0 Å². The third kappa shape index (κ3) is 15.0. The lowest BCUT2D eigenvalue weighted by Crippen LogP contribution is -2.54. The molecule has 1 spiro atoms. The summed E-state index contributed by atoms with van der Waals surface area (Å²) in [7, 11) is 0. The number of allylic oxidation sites excluding steroid dienone is 8. The zero-order chi connectivity index (χ0) is 34.2. The molecule has 48 heavy (non-hydrogen) atoms. The summed E-state index contributed by atoms with van der Waals surface area (Å²) in [5.41, 5.74) is 0.0325. The van der Waals surface area contributed by atoms with Crippen molar-refractivity contribution in [3.63, 3.8) is 0 Å². The monoisotopic (exact) mass is 664 g/mol. The molecule has 0 bridgehead atoms. The Morgan fingerprint density at radius 3 is 1.38 bits per heavy atom. The molecule has 276 valence electrons. The quantitative estimate of drug-likeness (QED) is 0.0426. The van der Waals surface area contributed by atoms with E-state index in [0.717, 1.165) is 43.4 Å². The molecule has 3 fully saturated rings. The topological polar surface area (TPSA) is 32.3 Å². The Morgan fingerprint density at radius 2 is 0.979 bits per heavy atom. The standard InChI is InChI=1S/C46H81NO/c1-4-6-8-10-12-14-16-18-20-22-24-26-28-30-32-34-37-45(48,47-44-40-43-41(3)46(43)39-36-42(44)46)38-35-33-31-29-27-25-23-21-19-17-15-13-11-9-7-5-2/h12-15,18-21,41-44,47-48H,4-11,16-17,22-40H2,1-3H3/b14-12-,15-13-,20-18-,21-19-. The van der Waals surface area contributed by atoms with Gasteiger partial charge in [-0.05, 0) is 132 Å². The average molecular weight is 664 g/mol. The molecule has 2 nitrogen and oxygen atoms in total. The highest BCUT2D eigenvalue weighted by molar-refractivity contribution is 5.25. The molecule has 0 amide bonds. The summed E-state index contributed by atoms with van der Waals surface area (Å²) in [6, 6.07) is 0.569. The minimum atomic E-state index is -0.647. The van der Waals surface area contributed by atoms with Gasteiger partial charge in [0.25, 0.3) is 0 Å². The first-order chi connectivity index (χ1) is 23.6. The molecule has 3 rings (SSSR count). The molecule has 3 aliphatic rings. The molecular formula is C46H81NO. The van der Waals surface area contributed by atoms with Crippen LogP contribution >= 0.6 is 0 Å². The van der Waals surface area contributed by atoms with Crippen molar-refractivity contribution in [2.45, 2.75) is 219 Å². The fourth-order valence-electron chi connectivity index (χ4n) is 9.45. The number of aliphatic hydroxyl groups is 1. The van der Waals surface area contributed by atoms with Crippen LogP contribution in [0.15, 0.2) is 48.6 Å². The molecule has 2 N–H and O–H groups in total. The van der Waals surface area contributed by atoms with Gasteiger partial charge in [0, 0.05) is 6.04 Å². The summed E-state index contributed by atoms with van der Waals surface area (Å²) in [6.07, 6.45) is 55.6. The predicted molar refractivity (Wildman–Crippen MR) is 212 cm³/mol. The van der Waals surface area contributed by atoms with Gasteiger partial charge in [0.05, 0.1) is 0 Å². The first-order valence-corrected chi connectivity index (χ1v) is 21.7. The predicted octanol–water partition coefficient (Wildman–Crippen LogP) is 14.1. The van der Waals surface area contributed by atoms with E-state index in [4.69, 9.17) is 0 Å². The summed E-state index contributed by atoms with van der Waals surface area (Å²) in [5.74, 6) is 2.74. The van der Waals surface area contributed by atoms with Gasteiger partial charge in [-0.15, -0.1) is 0 Å². The normalized spacial score (nSPS) is 25.2. The van der Waals surface area contributed by atoms with E-state index >= 15 is 0 Å². The number of nitrogens with one attached hydrogen (secondary N) is 1. The Balaban J connectivity index is 1.23. The highest BCUT2D eigenvalue weighted by atomic mass is 16.3. The van der Waals surface area contributed by atoms with E-state index in [-0.39, 0.29) is 0 Å².